The number of hydrogen-bond donors (Lipinski definition) is 1. The van der Waals surface area contributed by atoms with Gasteiger partial charge in [-0.15, -0.1) is 0 Å². The lowest BCUT2D eigenvalue weighted by atomic mass is 10.1. The Kier molecular flexibility index (Phi) is 4.36. The molecule has 0 saturated carbocycles. The largest absolute Gasteiger partial charge is 0.361 e. The number of carbonyl (C=O) groups is 1. The van der Waals surface area contributed by atoms with Crippen molar-refractivity contribution >= 4 is 23.3 Å². The minimum Gasteiger partial charge on any atom is -0.361 e. The summed E-state index contributed by atoms with van der Waals surface area (Å²) in [5.41, 5.74) is 0.880. The number of hydrogen-bond acceptors (Lipinski definition) is 4. The maximum atomic E-state index is 12.0. The first-order valence-corrected chi connectivity index (χ1v) is 6.55. The summed E-state index contributed by atoms with van der Waals surface area (Å²) in [4.78, 5) is 21.8. The Labute approximate surface area is 112 Å². The number of aromatic nitrogens is 2. The molecule has 0 aliphatic carbocycles. The Morgan fingerprint density at radius 2 is 2.17 bits per heavy atom. The van der Waals surface area contributed by atoms with E-state index in [1.807, 2.05) is 11.8 Å². The highest BCUT2D eigenvalue weighted by Crippen LogP contribution is 2.13. The first kappa shape index (κ1) is 13.1. The molecule has 98 valence electrons. The highest BCUT2D eigenvalue weighted by atomic mass is 35.5. The Morgan fingerprint density at radius 3 is 2.89 bits per heavy atom. The minimum atomic E-state index is 0.115. The summed E-state index contributed by atoms with van der Waals surface area (Å²) in [6, 6.07) is 0. The Morgan fingerprint density at radius 1 is 1.44 bits per heavy atom. The van der Waals surface area contributed by atoms with Gasteiger partial charge in [0.15, 0.2) is 0 Å². The number of halogens is 1. The van der Waals surface area contributed by atoms with Crippen LogP contribution in [0.5, 0.6) is 0 Å². The van der Waals surface area contributed by atoms with Crippen molar-refractivity contribution in [2.24, 2.45) is 0 Å². The molecule has 1 saturated heterocycles. The zero-order chi connectivity index (χ0) is 13.0. The molecule has 0 bridgehead atoms. The van der Waals surface area contributed by atoms with Gasteiger partial charge in [0.2, 0.25) is 11.2 Å². The highest BCUT2D eigenvalue weighted by molar-refractivity contribution is 6.28. The third kappa shape index (κ3) is 3.32. The summed E-state index contributed by atoms with van der Waals surface area (Å²) >= 11 is 5.72. The minimum absolute atomic E-state index is 0.115. The molecule has 2 rings (SSSR count). The molecule has 0 unspecified atom stereocenters. The van der Waals surface area contributed by atoms with Crippen molar-refractivity contribution in [1.29, 1.82) is 0 Å². The van der Waals surface area contributed by atoms with Gasteiger partial charge in [0.1, 0.15) is 5.82 Å². The lowest BCUT2D eigenvalue weighted by molar-refractivity contribution is -0.130. The van der Waals surface area contributed by atoms with Crippen LogP contribution in [0.15, 0.2) is 6.20 Å². The predicted octanol–water partition coefficient (Wildman–Crippen LogP) is 1.86. The molecule has 1 amide bonds. The number of anilines is 1. The smallest absolute Gasteiger partial charge is 0.241 e. The van der Waals surface area contributed by atoms with Crippen LogP contribution >= 0.6 is 11.6 Å². The number of likely N-dealkylation sites (tertiary alicyclic amines) is 1. The lowest BCUT2D eigenvalue weighted by Gasteiger charge is -2.26. The van der Waals surface area contributed by atoms with Crippen LogP contribution in [0.25, 0.3) is 0 Å². The van der Waals surface area contributed by atoms with Crippen molar-refractivity contribution in [2.45, 2.75) is 26.2 Å². The van der Waals surface area contributed by atoms with Gasteiger partial charge in [-0.3, -0.25) is 4.79 Å². The van der Waals surface area contributed by atoms with E-state index in [1.54, 1.807) is 6.20 Å². The molecule has 1 fully saturated rings. The van der Waals surface area contributed by atoms with Crippen molar-refractivity contribution in [1.82, 2.24) is 14.9 Å². The van der Waals surface area contributed by atoms with Gasteiger partial charge in [-0.1, -0.05) is 0 Å². The number of aryl methyl sites for hydroxylation is 1. The molecular weight excluding hydrogens is 252 g/mol. The van der Waals surface area contributed by atoms with Gasteiger partial charge in [0, 0.05) is 24.8 Å². The summed E-state index contributed by atoms with van der Waals surface area (Å²) < 4.78 is 0. The number of rotatable bonds is 3. The normalized spacial score (nSPS) is 15.6. The van der Waals surface area contributed by atoms with Crippen molar-refractivity contribution in [3.8, 4) is 0 Å². The van der Waals surface area contributed by atoms with Gasteiger partial charge >= 0.3 is 0 Å². The quantitative estimate of drug-likeness (QED) is 0.850. The molecule has 0 spiro atoms. The Bertz CT molecular complexity index is 432. The van der Waals surface area contributed by atoms with Crippen LogP contribution in [0.2, 0.25) is 5.28 Å². The lowest BCUT2D eigenvalue weighted by Crippen LogP contribution is -2.39. The van der Waals surface area contributed by atoms with E-state index in [9.17, 15) is 4.79 Å². The van der Waals surface area contributed by atoms with E-state index in [2.05, 4.69) is 15.3 Å². The molecule has 0 atom stereocenters. The molecule has 1 aromatic heterocycles. The molecule has 1 N–H and O–H groups in total. The van der Waals surface area contributed by atoms with E-state index < -0.39 is 0 Å². The van der Waals surface area contributed by atoms with Gasteiger partial charge in [-0.25, -0.2) is 9.97 Å². The van der Waals surface area contributed by atoms with Crippen LogP contribution in [0.1, 0.15) is 24.8 Å². The van der Waals surface area contributed by atoms with Gasteiger partial charge in [0.25, 0.3) is 0 Å². The summed E-state index contributed by atoms with van der Waals surface area (Å²) in [6.07, 6.45) is 5.06. The van der Waals surface area contributed by atoms with Crippen molar-refractivity contribution in [3.05, 3.63) is 17.0 Å². The van der Waals surface area contributed by atoms with Crippen LogP contribution in [0, 0.1) is 6.92 Å². The van der Waals surface area contributed by atoms with Crippen LogP contribution in [-0.4, -0.2) is 40.4 Å². The van der Waals surface area contributed by atoms with Gasteiger partial charge in [-0.2, -0.15) is 0 Å². The average molecular weight is 269 g/mol. The second kappa shape index (κ2) is 6.00. The first-order valence-electron chi connectivity index (χ1n) is 6.17. The van der Waals surface area contributed by atoms with Crippen LogP contribution < -0.4 is 5.32 Å². The summed E-state index contributed by atoms with van der Waals surface area (Å²) in [7, 11) is 0. The second-order valence-electron chi connectivity index (χ2n) is 4.47. The van der Waals surface area contributed by atoms with E-state index in [0.29, 0.717) is 5.82 Å². The monoisotopic (exact) mass is 268 g/mol. The van der Waals surface area contributed by atoms with E-state index in [4.69, 9.17) is 11.6 Å². The van der Waals surface area contributed by atoms with Gasteiger partial charge in [0.05, 0.1) is 6.54 Å². The average Bonchev–Trinajstić information content (AvgIpc) is 2.40. The van der Waals surface area contributed by atoms with Crippen LogP contribution in [0.4, 0.5) is 5.82 Å². The fourth-order valence-electron chi connectivity index (χ4n) is 2.01. The van der Waals surface area contributed by atoms with Crippen molar-refractivity contribution in [3.63, 3.8) is 0 Å². The van der Waals surface area contributed by atoms with E-state index in [1.165, 1.54) is 6.42 Å². The van der Waals surface area contributed by atoms with Gasteiger partial charge < -0.3 is 10.2 Å². The van der Waals surface area contributed by atoms with Crippen molar-refractivity contribution < 1.29 is 4.79 Å². The topological polar surface area (TPSA) is 58.1 Å². The molecule has 1 aliphatic heterocycles. The zero-order valence-electron chi connectivity index (χ0n) is 10.4. The van der Waals surface area contributed by atoms with E-state index in [0.717, 1.165) is 31.5 Å². The molecule has 0 aromatic carbocycles. The summed E-state index contributed by atoms with van der Waals surface area (Å²) in [6.45, 7) is 3.87. The highest BCUT2D eigenvalue weighted by Gasteiger charge is 2.16. The number of amides is 1. The van der Waals surface area contributed by atoms with E-state index in [-0.39, 0.29) is 17.7 Å². The Balaban J connectivity index is 1.90. The number of nitrogens with zero attached hydrogens (tertiary/aromatic N) is 3. The fourth-order valence-corrected chi connectivity index (χ4v) is 2.15. The zero-order valence-corrected chi connectivity index (χ0v) is 11.2. The number of carbonyl (C=O) groups excluding carboxylic acids is 1. The maximum Gasteiger partial charge on any atom is 0.241 e. The fraction of sp³-hybridized carbons (Fsp3) is 0.583. The molecule has 0 radical (unpaired) electrons. The second-order valence-corrected chi connectivity index (χ2v) is 4.80. The molecule has 5 nitrogen and oxygen atoms in total. The maximum absolute atomic E-state index is 12.0. The predicted molar refractivity (Wildman–Crippen MR) is 70.7 cm³/mol. The van der Waals surface area contributed by atoms with Crippen LogP contribution in [0.3, 0.4) is 0 Å². The first-order chi connectivity index (χ1) is 8.66. The number of piperidine rings is 1. The molecule has 18 heavy (non-hydrogen) atoms. The van der Waals surface area contributed by atoms with Crippen LogP contribution in [-0.2, 0) is 4.79 Å². The molecule has 6 heteroatoms. The number of nitrogens with one attached hydrogen (secondary N) is 1. The van der Waals surface area contributed by atoms with Crippen molar-refractivity contribution in [2.75, 3.05) is 25.0 Å². The molecule has 2 heterocycles. The SMILES string of the molecule is Cc1cnc(Cl)nc1NCC(=O)N1CCCCC1. The van der Waals surface area contributed by atoms with Gasteiger partial charge in [-0.05, 0) is 37.8 Å². The van der Waals surface area contributed by atoms with E-state index >= 15 is 0 Å². The Hall–Kier alpha value is -1.36. The standard InChI is InChI=1S/C12H17ClN4O/c1-9-7-15-12(13)16-11(9)14-8-10(18)17-5-3-2-4-6-17/h7H,2-6,8H2,1H3,(H,14,15,16). The third-order valence-corrected chi connectivity index (χ3v) is 3.24. The molecule has 1 aliphatic rings. The summed E-state index contributed by atoms with van der Waals surface area (Å²) in [5.74, 6) is 0.740. The summed E-state index contributed by atoms with van der Waals surface area (Å²) in [5, 5.41) is 3.21. The third-order valence-electron chi connectivity index (χ3n) is 3.06. The molecule has 1 aromatic rings. The molecular formula is C12H17ClN4O.